The van der Waals surface area contributed by atoms with Gasteiger partial charge in [0.2, 0.25) is 0 Å². The Kier molecular flexibility index (Phi) is 4.99. The smallest absolute Gasteiger partial charge is 0.322 e. The number of carbonyl (C=O) groups is 2. The quantitative estimate of drug-likeness (QED) is 0.411. The molecule has 5 heteroatoms. The fraction of sp³-hybridized carbons (Fsp3) is 0.636. The molecule has 0 radical (unpaired) electrons. The number of carbonyl (C=O) groups excluding carboxylic acids is 1. The molecule has 0 aromatic rings. The van der Waals surface area contributed by atoms with E-state index in [0.29, 0.717) is 0 Å². The largest absolute Gasteiger partial charge is 0.481 e. The molecule has 0 saturated heterocycles. The first-order valence-corrected chi connectivity index (χ1v) is 4.83. The number of rotatable bonds is 4. The van der Waals surface area contributed by atoms with Gasteiger partial charge in [0, 0.05) is 12.5 Å². The Morgan fingerprint density at radius 1 is 1.50 bits per heavy atom. The second-order valence-corrected chi connectivity index (χ2v) is 4.42. The maximum absolute atomic E-state index is 11.6. The number of terminal acetylenes is 1. The Morgan fingerprint density at radius 3 is 2.31 bits per heavy atom. The first kappa shape index (κ1) is 14.5. The molecule has 0 aliphatic rings. The van der Waals surface area contributed by atoms with E-state index in [1.165, 1.54) is 0 Å². The summed E-state index contributed by atoms with van der Waals surface area (Å²) in [6.45, 7) is 4.95. The van der Waals surface area contributed by atoms with Gasteiger partial charge in [-0.15, -0.1) is 12.3 Å². The predicted molar refractivity (Wildman–Crippen MR) is 58.4 cm³/mol. The summed E-state index contributed by atoms with van der Waals surface area (Å²) in [4.78, 5) is 22.5. The normalized spacial score (nSPS) is 14.7. The average Bonchev–Trinajstić information content (AvgIpc) is 1.99. The van der Waals surface area contributed by atoms with Gasteiger partial charge in [0.1, 0.15) is 5.60 Å². The lowest BCUT2D eigenvalue weighted by molar-refractivity contribution is -0.167. The topological polar surface area (TPSA) is 89.6 Å². The molecule has 0 aromatic carbocycles. The molecule has 0 spiro atoms. The fourth-order valence-electron chi connectivity index (χ4n) is 1.08. The van der Waals surface area contributed by atoms with Gasteiger partial charge < -0.3 is 15.6 Å². The van der Waals surface area contributed by atoms with Crippen molar-refractivity contribution in [3.8, 4) is 12.3 Å². The van der Waals surface area contributed by atoms with Crippen molar-refractivity contribution in [1.82, 2.24) is 0 Å². The molecule has 5 nitrogen and oxygen atoms in total. The molecule has 0 rings (SSSR count). The highest BCUT2D eigenvalue weighted by molar-refractivity contribution is 5.95. The van der Waals surface area contributed by atoms with Crippen LogP contribution in [-0.2, 0) is 14.3 Å². The zero-order valence-electron chi connectivity index (χ0n) is 9.69. The van der Waals surface area contributed by atoms with Gasteiger partial charge in [0.25, 0.3) is 0 Å². The molecule has 16 heavy (non-hydrogen) atoms. The summed E-state index contributed by atoms with van der Waals surface area (Å²) in [5, 5.41) is 8.89. The highest BCUT2D eigenvalue weighted by atomic mass is 16.6. The van der Waals surface area contributed by atoms with Gasteiger partial charge in [-0.3, -0.25) is 9.59 Å². The second kappa shape index (κ2) is 5.52. The Bertz CT molecular complexity index is 311. The molecule has 0 saturated carbocycles. The number of ether oxygens (including phenoxy) is 1. The summed E-state index contributed by atoms with van der Waals surface area (Å²) in [5.41, 5.74) is 4.78. The molecule has 0 heterocycles. The monoisotopic (exact) mass is 227 g/mol. The van der Waals surface area contributed by atoms with Crippen LogP contribution in [0.2, 0.25) is 0 Å². The molecule has 3 N–H and O–H groups in total. The SMILES string of the molecule is C#CC[C@@H](N)[C@H](C(=O)O)C(=O)OC(C)(C)C. The van der Waals surface area contributed by atoms with Crippen molar-refractivity contribution in [2.24, 2.45) is 11.7 Å². The van der Waals surface area contributed by atoms with E-state index in [0.717, 1.165) is 0 Å². The first-order chi connectivity index (χ1) is 7.19. The lowest BCUT2D eigenvalue weighted by Crippen LogP contribution is -2.43. The van der Waals surface area contributed by atoms with Gasteiger partial charge in [0.05, 0.1) is 0 Å². The van der Waals surface area contributed by atoms with Crippen LogP contribution >= 0.6 is 0 Å². The zero-order chi connectivity index (χ0) is 12.9. The van der Waals surface area contributed by atoms with Crippen molar-refractivity contribution in [3.05, 3.63) is 0 Å². The van der Waals surface area contributed by atoms with Crippen LogP contribution < -0.4 is 5.73 Å². The third kappa shape index (κ3) is 4.80. The summed E-state index contributed by atoms with van der Waals surface area (Å²) in [5.74, 6) is -1.38. The van der Waals surface area contributed by atoms with E-state index in [-0.39, 0.29) is 6.42 Å². The van der Waals surface area contributed by atoms with E-state index in [4.69, 9.17) is 22.0 Å². The van der Waals surface area contributed by atoms with Crippen molar-refractivity contribution in [1.29, 1.82) is 0 Å². The lowest BCUT2D eigenvalue weighted by atomic mass is 9.98. The number of hydrogen-bond donors (Lipinski definition) is 2. The van der Waals surface area contributed by atoms with E-state index in [9.17, 15) is 9.59 Å². The van der Waals surface area contributed by atoms with Crippen molar-refractivity contribution < 1.29 is 19.4 Å². The van der Waals surface area contributed by atoms with Crippen LogP contribution in [0.15, 0.2) is 0 Å². The van der Waals surface area contributed by atoms with Crippen LogP contribution in [0.1, 0.15) is 27.2 Å². The Morgan fingerprint density at radius 2 is 2.00 bits per heavy atom. The molecule has 0 fully saturated rings. The maximum atomic E-state index is 11.6. The minimum Gasteiger partial charge on any atom is -0.481 e. The van der Waals surface area contributed by atoms with Crippen molar-refractivity contribution >= 4 is 11.9 Å². The molecule has 2 atom stereocenters. The molecule has 0 bridgehead atoms. The van der Waals surface area contributed by atoms with Gasteiger partial charge in [-0.05, 0) is 20.8 Å². The van der Waals surface area contributed by atoms with E-state index >= 15 is 0 Å². The van der Waals surface area contributed by atoms with E-state index in [1.807, 2.05) is 0 Å². The summed E-state index contributed by atoms with van der Waals surface area (Å²) in [6, 6.07) is -0.933. The van der Waals surface area contributed by atoms with Gasteiger partial charge in [-0.2, -0.15) is 0 Å². The first-order valence-electron chi connectivity index (χ1n) is 4.83. The molecule has 90 valence electrons. The Labute approximate surface area is 95.0 Å². The summed E-state index contributed by atoms with van der Waals surface area (Å²) in [7, 11) is 0. The minimum atomic E-state index is -1.42. The predicted octanol–water partition coefficient (Wildman–Crippen LogP) is 0.379. The van der Waals surface area contributed by atoms with Crippen LogP contribution in [0.25, 0.3) is 0 Å². The molecule has 0 aliphatic carbocycles. The third-order valence-corrected chi connectivity index (χ3v) is 1.71. The molecule has 0 aromatic heterocycles. The van der Waals surface area contributed by atoms with E-state index < -0.39 is 29.5 Å². The van der Waals surface area contributed by atoms with Crippen LogP contribution in [-0.4, -0.2) is 28.7 Å². The maximum Gasteiger partial charge on any atom is 0.322 e. The van der Waals surface area contributed by atoms with Crippen LogP contribution in [0.5, 0.6) is 0 Å². The molecule has 0 unspecified atom stereocenters. The Balaban J connectivity index is 4.75. The average molecular weight is 227 g/mol. The van der Waals surface area contributed by atoms with Gasteiger partial charge in [0.15, 0.2) is 5.92 Å². The summed E-state index contributed by atoms with van der Waals surface area (Å²) >= 11 is 0. The molecular weight excluding hydrogens is 210 g/mol. The number of carboxylic acid groups (broad SMARTS) is 1. The standard InChI is InChI=1S/C11H17NO4/c1-5-6-7(12)8(9(13)14)10(15)16-11(2,3)4/h1,7-8H,6,12H2,2-4H3,(H,13,14)/t7-,8-/m1/s1. The zero-order valence-corrected chi connectivity index (χ0v) is 9.69. The van der Waals surface area contributed by atoms with Gasteiger partial charge in [-0.25, -0.2) is 0 Å². The Hall–Kier alpha value is -1.54. The van der Waals surface area contributed by atoms with Crippen molar-refractivity contribution in [2.45, 2.75) is 38.8 Å². The van der Waals surface area contributed by atoms with Crippen molar-refractivity contribution in [2.75, 3.05) is 0 Å². The third-order valence-electron chi connectivity index (χ3n) is 1.71. The van der Waals surface area contributed by atoms with Crippen LogP contribution in [0.3, 0.4) is 0 Å². The van der Waals surface area contributed by atoms with Gasteiger partial charge >= 0.3 is 11.9 Å². The van der Waals surface area contributed by atoms with Gasteiger partial charge in [-0.1, -0.05) is 0 Å². The number of nitrogens with two attached hydrogens (primary N) is 1. The lowest BCUT2D eigenvalue weighted by Gasteiger charge is -2.24. The fourth-order valence-corrected chi connectivity index (χ4v) is 1.08. The van der Waals surface area contributed by atoms with E-state index in [1.54, 1.807) is 20.8 Å². The number of esters is 1. The number of aliphatic carboxylic acids is 1. The molecule has 0 aliphatic heterocycles. The summed E-state index contributed by atoms with van der Waals surface area (Å²) < 4.78 is 4.96. The van der Waals surface area contributed by atoms with Crippen LogP contribution in [0.4, 0.5) is 0 Å². The summed E-state index contributed by atoms with van der Waals surface area (Å²) in [6.07, 6.45) is 5.03. The number of hydrogen-bond acceptors (Lipinski definition) is 4. The molecule has 0 amide bonds. The van der Waals surface area contributed by atoms with Crippen molar-refractivity contribution in [3.63, 3.8) is 0 Å². The minimum absolute atomic E-state index is 0.0101. The van der Waals surface area contributed by atoms with Crippen LogP contribution in [0, 0.1) is 18.3 Å². The van der Waals surface area contributed by atoms with E-state index in [2.05, 4.69) is 5.92 Å². The molecular formula is C11H17NO4. The second-order valence-electron chi connectivity index (χ2n) is 4.42. The number of carboxylic acids is 1. The highest BCUT2D eigenvalue weighted by Gasteiger charge is 2.35. The highest BCUT2D eigenvalue weighted by Crippen LogP contribution is 2.14.